The first kappa shape index (κ1) is 12.5. The molecule has 2 atom stereocenters. The SMILES string of the molecule is CN(C)CCC1(O)CC2CCCC(C1)S2=O. The standard InChI is InChI=1S/C12H23NO2S/c1-13(2)7-6-12(14)8-10-4-3-5-11(9-12)16(10)15/h10-11,14H,3-9H2,1-2H3. The molecule has 0 aromatic heterocycles. The summed E-state index contributed by atoms with van der Waals surface area (Å²) in [7, 11) is 3.40. The van der Waals surface area contributed by atoms with Crippen molar-refractivity contribution in [1.29, 1.82) is 0 Å². The highest BCUT2D eigenvalue weighted by Gasteiger charge is 2.45. The minimum atomic E-state index is -0.670. The average molecular weight is 245 g/mol. The van der Waals surface area contributed by atoms with Gasteiger partial charge in [-0.3, -0.25) is 4.21 Å². The summed E-state index contributed by atoms with van der Waals surface area (Å²) in [5, 5.41) is 11.1. The Bertz CT molecular complexity index is 264. The number of aliphatic hydroxyl groups is 1. The Morgan fingerprint density at radius 2 is 1.88 bits per heavy atom. The highest BCUT2D eigenvalue weighted by atomic mass is 32.2. The molecule has 0 amide bonds. The third-order valence-electron chi connectivity index (χ3n) is 3.95. The second kappa shape index (κ2) is 4.75. The van der Waals surface area contributed by atoms with E-state index in [0.717, 1.165) is 38.6 Å². The average Bonchev–Trinajstić information content (AvgIpc) is 2.18. The largest absolute Gasteiger partial charge is 0.390 e. The molecular weight excluding hydrogens is 222 g/mol. The second-order valence-electron chi connectivity index (χ2n) is 5.69. The summed E-state index contributed by atoms with van der Waals surface area (Å²) < 4.78 is 12.0. The zero-order chi connectivity index (χ0) is 11.8. The van der Waals surface area contributed by atoms with Crippen LogP contribution in [0.3, 0.4) is 0 Å². The highest BCUT2D eigenvalue weighted by molar-refractivity contribution is 7.86. The number of hydrogen-bond acceptors (Lipinski definition) is 3. The maximum Gasteiger partial charge on any atom is 0.0682 e. The molecule has 1 N–H and O–H groups in total. The minimum absolute atomic E-state index is 0.264. The number of rotatable bonds is 3. The second-order valence-corrected chi connectivity index (χ2v) is 7.68. The van der Waals surface area contributed by atoms with Gasteiger partial charge in [0, 0.05) is 27.8 Å². The summed E-state index contributed by atoms with van der Waals surface area (Å²) in [4.78, 5) is 2.11. The predicted molar refractivity (Wildman–Crippen MR) is 66.9 cm³/mol. The monoisotopic (exact) mass is 245 g/mol. The van der Waals surface area contributed by atoms with Crippen LogP contribution in [0.1, 0.15) is 38.5 Å². The number of fused-ring (bicyclic) bond motifs is 2. The van der Waals surface area contributed by atoms with Gasteiger partial charge in [-0.1, -0.05) is 6.42 Å². The molecule has 2 unspecified atom stereocenters. The molecule has 0 spiro atoms. The van der Waals surface area contributed by atoms with E-state index in [1.165, 1.54) is 6.42 Å². The van der Waals surface area contributed by atoms with Crippen LogP contribution >= 0.6 is 0 Å². The lowest BCUT2D eigenvalue weighted by Crippen LogP contribution is -2.49. The van der Waals surface area contributed by atoms with Crippen molar-refractivity contribution in [3.8, 4) is 0 Å². The quantitative estimate of drug-likeness (QED) is 0.810. The molecule has 0 saturated carbocycles. The fraction of sp³-hybridized carbons (Fsp3) is 1.00. The van der Waals surface area contributed by atoms with E-state index in [0.29, 0.717) is 0 Å². The smallest absolute Gasteiger partial charge is 0.0682 e. The van der Waals surface area contributed by atoms with Crippen molar-refractivity contribution in [2.75, 3.05) is 20.6 Å². The Balaban J connectivity index is 1.99. The van der Waals surface area contributed by atoms with Crippen LogP contribution in [-0.2, 0) is 10.8 Å². The van der Waals surface area contributed by atoms with Gasteiger partial charge >= 0.3 is 0 Å². The lowest BCUT2D eigenvalue weighted by Gasteiger charge is -2.44. The first-order valence-electron chi connectivity index (χ1n) is 6.27. The van der Waals surface area contributed by atoms with Crippen LogP contribution in [0.25, 0.3) is 0 Å². The molecule has 2 aliphatic rings. The van der Waals surface area contributed by atoms with Crippen molar-refractivity contribution in [3.05, 3.63) is 0 Å². The highest BCUT2D eigenvalue weighted by Crippen LogP contribution is 2.40. The molecule has 0 aliphatic carbocycles. The van der Waals surface area contributed by atoms with Gasteiger partial charge in [0.25, 0.3) is 0 Å². The molecule has 2 heterocycles. The van der Waals surface area contributed by atoms with Gasteiger partial charge in [0.05, 0.1) is 5.60 Å². The molecule has 3 nitrogen and oxygen atoms in total. The first-order chi connectivity index (χ1) is 7.50. The molecule has 0 aromatic rings. The van der Waals surface area contributed by atoms with Crippen molar-refractivity contribution in [2.24, 2.45) is 0 Å². The molecule has 2 bridgehead atoms. The zero-order valence-electron chi connectivity index (χ0n) is 10.3. The van der Waals surface area contributed by atoms with Crippen molar-refractivity contribution >= 4 is 10.8 Å². The van der Waals surface area contributed by atoms with Gasteiger partial charge in [0.1, 0.15) is 0 Å². The molecule has 2 rings (SSSR count). The van der Waals surface area contributed by atoms with E-state index >= 15 is 0 Å². The number of hydrogen-bond donors (Lipinski definition) is 1. The maximum absolute atomic E-state index is 12.0. The van der Waals surface area contributed by atoms with Crippen LogP contribution in [-0.4, -0.2) is 51.0 Å². The van der Waals surface area contributed by atoms with E-state index in [2.05, 4.69) is 4.90 Å². The Morgan fingerprint density at radius 3 is 2.38 bits per heavy atom. The van der Waals surface area contributed by atoms with Crippen LogP contribution in [0.15, 0.2) is 0 Å². The Kier molecular flexibility index (Phi) is 3.72. The summed E-state index contributed by atoms with van der Waals surface area (Å²) in [6.07, 6.45) is 5.63. The summed E-state index contributed by atoms with van der Waals surface area (Å²) in [5.41, 5.74) is -0.548. The van der Waals surface area contributed by atoms with Crippen LogP contribution in [0.5, 0.6) is 0 Å². The van der Waals surface area contributed by atoms with Crippen LogP contribution < -0.4 is 0 Å². The molecule has 0 aromatic carbocycles. The van der Waals surface area contributed by atoms with Crippen LogP contribution in [0, 0.1) is 0 Å². The lowest BCUT2D eigenvalue weighted by atomic mass is 9.83. The van der Waals surface area contributed by atoms with Crippen LogP contribution in [0.2, 0.25) is 0 Å². The number of nitrogens with zero attached hydrogens (tertiary/aromatic N) is 1. The molecule has 2 fully saturated rings. The van der Waals surface area contributed by atoms with Crippen molar-refractivity contribution < 1.29 is 9.32 Å². The normalized spacial score (nSPS) is 43.6. The van der Waals surface area contributed by atoms with Gasteiger partial charge in [-0.25, -0.2) is 0 Å². The topological polar surface area (TPSA) is 40.5 Å². The molecule has 0 radical (unpaired) electrons. The van der Waals surface area contributed by atoms with Crippen molar-refractivity contribution in [1.82, 2.24) is 4.90 Å². The van der Waals surface area contributed by atoms with E-state index in [1.54, 1.807) is 0 Å². The third-order valence-corrected chi connectivity index (χ3v) is 6.07. The van der Waals surface area contributed by atoms with E-state index in [-0.39, 0.29) is 10.5 Å². The van der Waals surface area contributed by atoms with Gasteiger partial charge in [0.15, 0.2) is 0 Å². The van der Waals surface area contributed by atoms with E-state index in [4.69, 9.17) is 0 Å². The summed E-state index contributed by atoms with van der Waals surface area (Å²) in [6.45, 7) is 0.919. The summed E-state index contributed by atoms with van der Waals surface area (Å²) >= 11 is 0. The lowest BCUT2D eigenvalue weighted by molar-refractivity contribution is -0.00196. The Hall–Kier alpha value is 0.0700. The zero-order valence-corrected chi connectivity index (χ0v) is 11.1. The summed E-state index contributed by atoms with van der Waals surface area (Å²) in [6, 6.07) is 0. The third kappa shape index (κ3) is 2.66. The molecule has 2 saturated heterocycles. The fourth-order valence-corrected chi connectivity index (χ4v) is 5.30. The minimum Gasteiger partial charge on any atom is -0.390 e. The molecule has 4 heteroatoms. The van der Waals surface area contributed by atoms with Gasteiger partial charge in [0.2, 0.25) is 0 Å². The summed E-state index contributed by atoms with van der Waals surface area (Å²) in [5.74, 6) is 0. The Labute approximate surface area is 101 Å². The van der Waals surface area contributed by atoms with Gasteiger partial charge in [-0.2, -0.15) is 0 Å². The molecular formula is C12H23NO2S. The van der Waals surface area contributed by atoms with Gasteiger partial charge in [-0.05, 0) is 46.2 Å². The fourth-order valence-electron chi connectivity index (χ4n) is 3.01. The van der Waals surface area contributed by atoms with Crippen LogP contribution in [0.4, 0.5) is 0 Å². The van der Waals surface area contributed by atoms with E-state index < -0.39 is 16.4 Å². The molecule has 94 valence electrons. The predicted octanol–water partition coefficient (Wildman–Crippen LogP) is 1.13. The van der Waals surface area contributed by atoms with Gasteiger partial charge < -0.3 is 10.0 Å². The molecule has 16 heavy (non-hydrogen) atoms. The first-order valence-corrected chi connectivity index (χ1v) is 7.54. The van der Waals surface area contributed by atoms with Gasteiger partial charge in [-0.15, -0.1) is 0 Å². The van der Waals surface area contributed by atoms with Crippen molar-refractivity contribution in [2.45, 2.75) is 54.6 Å². The Morgan fingerprint density at radius 1 is 1.31 bits per heavy atom. The van der Waals surface area contributed by atoms with Crippen molar-refractivity contribution in [3.63, 3.8) is 0 Å². The molecule has 2 aliphatic heterocycles. The van der Waals surface area contributed by atoms with E-state index in [1.807, 2.05) is 14.1 Å². The maximum atomic E-state index is 12.0. The van der Waals surface area contributed by atoms with E-state index in [9.17, 15) is 9.32 Å².